The number of carbonyl (C=O) groups is 1. The van der Waals surface area contributed by atoms with Crippen LogP contribution in [0.2, 0.25) is 0 Å². The predicted molar refractivity (Wildman–Crippen MR) is 56.7 cm³/mol. The molecule has 0 aliphatic rings. The van der Waals surface area contributed by atoms with E-state index in [4.69, 9.17) is 0 Å². The third kappa shape index (κ3) is 3.79. The minimum Gasteiger partial charge on any atom is -0.352 e. The Labute approximate surface area is 87.9 Å². The molecular formula is C10H12FNOS. The van der Waals surface area contributed by atoms with Gasteiger partial charge in [-0.25, -0.2) is 4.39 Å². The van der Waals surface area contributed by atoms with E-state index in [2.05, 4.69) is 17.9 Å². The first-order valence-electron chi connectivity index (χ1n) is 4.34. The average Bonchev–Trinajstić information content (AvgIpc) is 2.17. The number of amides is 1. The van der Waals surface area contributed by atoms with Crippen molar-refractivity contribution in [3.63, 3.8) is 0 Å². The summed E-state index contributed by atoms with van der Waals surface area (Å²) in [5, 5.41) is 2.71. The third-order valence-electron chi connectivity index (χ3n) is 1.74. The molecule has 0 spiro atoms. The van der Waals surface area contributed by atoms with Gasteiger partial charge in [0, 0.05) is 13.0 Å². The second-order valence-electron chi connectivity index (χ2n) is 2.88. The zero-order chi connectivity index (χ0) is 10.4. The molecule has 0 saturated heterocycles. The Bertz CT molecular complexity index is 299. The van der Waals surface area contributed by atoms with Crippen LogP contribution in [0.5, 0.6) is 0 Å². The molecule has 0 fully saturated rings. The van der Waals surface area contributed by atoms with Crippen LogP contribution < -0.4 is 5.32 Å². The highest BCUT2D eigenvalue weighted by atomic mass is 32.1. The van der Waals surface area contributed by atoms with Crippen LogP contribution in [-0.4, -0.2) is 11.7 Å². The molecule has 0 radical (unpaired) electrons. The number of rotatable bonds is 4. The highest BCUT2D eigenvalue weighted by molar-refractivity contribution is 7.80. The lowest BCUT2D eigenvalue weighted by atomic mass is 10.2. The molecule has 0 atom stereocenters. The number of halogens is 1. The Morgan fingerprint density at radius 1 is 1.36 bits per heavy atom. The van der Waals surface area contributed by atoms with E-state index in [-0.39, 0.29) is 11.7 Å². The number of carbonyl (C=O) groups excluding carboxylic acids is 1. The zero-order valence-corrected chi connectivity index (χ0v) is 8.56. The maximum atomic E-state index is 12.5. The lowest BCUT2D eigenvalue weighted by Gasteiger charge is -2.03. The summed E-state index contributed by atoms with van der Waals surface area (Å²) >= 11 is 3.94. The molecular weight excluding hydrogens is 201 g/mol. The summed E-state index contributed by atoms with van der Waals surface area (Å²) in [6.07, 6.45) is 0.407. The van der Waals surface area contributed by atoms with Crippen LogP contribution in [0.3, 0.4) is 0 Å². The number of benzene rings is 1. The van der Waals surface area contributed by atoms with E-state index in [1.165, 1.54) is 12.1 Å². The standard InChI is InChI=1S/C10H12FNOS/c11-9-3-1-8(2-4-9)7-12-10(13)5-6-14/h1-4,14H,5-7H2,(H,12,13). The Kier molecular flexibility index (Phi) is 4.46. The van der Waals surface area contributed by atoms with E-state index in [0.717, 1.165) is 5.56 Å². The van der Waals surface area contributed by atoms with E-state index in [9.17, 15) is 9.18 Å². The second-order valence-corrected chi connectivity index (χ2v) is 3.32. The molecule has 0 saturated carbocycles. The Hall–Kier alpha value is -1.03. The summed E-state index contributed by atoms with van der Waals surface area (Å²) in [4.78, 5) is 11.0. The van der Waals surface area contributed by atoms with Gasteiger partial charge in [-0.3, -0.25) is 4.79 Å². The van der Waals surface area contributed by atoms with Crippen LogP contribution in [0.4, 0.5) is 4.39 Å². The van der Waals surface area contributed by atoms with Gasteiger partial charge in [0.25, 0.3) is 0 Å². The quantitative estimate of drug-likeness (QED) is 0.733. The third-order valence-corrected chi connectivity index (χ3v) is 1.97. The minimum absolute atomic E-state index is 0.0377. The Morgan fingerprint density at radius 3 is 2.57 bits per heavy atom. The fraction of sp³-hybridized carbons (Fsp3) is 0.300. The van der Waals surface area contributed by atoms with Gasteiger partial charge in [0.2, 0.25) is 5.91 Å². The van der Waals surface area contributed by atoms with E-state index in [1.54, 1.807) is 12.1 Å². The molecule has 0 heterocycles. The van der Waals surface area contributed by atoms with Gasteiger partial charge in [-0.05, 0) is 23.4 Å². The average molecular weight is 213 g/mol. The lowest BCUT2D eigenvalue weighted by molar-refractivity contribution is -0.120. The van der Waals surface area contributed by atoms with Crippen molar-refractivity contribution < 1.29 is 9.18 Å². The lowest BCUT2D eigenvalue weighted by Crippen LogP contribution is -2.22. The molecule has 2 nitrogen and oxygen atoms in total. The molecule has 14 heavy (non-hydrogen) atoms. The fourth-order valence-electron chi connectivity index (χ4n) is 0.993. The summed E-state index contributed by atoms with van der Waals surface area (Å²) in [6.45, 7) is 0.437. The summed E-state index contributed by atoms with van der Waals surface area (Å²) in [6, 6.07) is 6.05. The molecule has 0 aliphatic heterocycles. The SMILES string of the molecule is O=C(CCS)NCc1ccc(F)cc1. The van der Waals surface area contributed by atoms with Gasteiger partial charge in [0.15, 0.2) is 0 Å². The molecule has 1 N–H and O–H groups in total. The molecule has 76 valence electrons. The van der Waals surface area contributed by atoms with Crippen molar-refractivity contribution in [1.82, 2.24) is 5.32 Å². The monoisotopic (exact) mass is 213 g/mol. The first-order valence-corrected chi connectivity index (χ1v) is 4.97. The Morgan fingerprint density at radius 2 is 2.00 bits per heavy atom. The molecule has 0 aromatic heterocycles. The van der Waals surface area contributed by atoms with Crippen molar-refractivity contribution in [3.8, 4) is 0 Å². The van der Waals surface area contributed by atoms with Crippen LogP contribution in [0.25, 0.3) is 0 Å². The van der Waals surface area contributed by atoms with Crippen molar-refractivity contribution in [2.24, 2.45) is 0 Å². The van der Waals surface area contributed by atoms with E-state index in [1.807, 2.05) is 0 Å². The van der Waals surface area contributed by atoms with Crippen LogP contribution in [0.15, 0.2) is 24.3 Å². The number of nitrogens with one attached hydrogen (secondary N) is 1. The smallest absolute Gasteiger partial charge is 0.221 e. The summed E-state index contributed by atoms with van der Waals surface area (Å²) in [5.41, 5.74) is 0.888. The largest absolute Gasteiger partial charge is 0.352 e. The van der Waals surface area contributed by atoms with Crippen molar-refractivity contribution in [2.75, 3.05) is 5.75 Å². The van der Waals surface area contributed by atoms with Crippen LogP contribution in [0.1, 0.15) is 12.0 Å². The second kappa shape index (κ2) is 5.65. The fourth-order valence-corrected chi connectivity index (χ4v) is 1.20. The molecule has 0 aliphatic carbocycles. The summed E-state index contributed by atoms with van der Waals surface area (Å²) in [5.74, 6) is 0.231. The van der Waals surface area contributed by atoms with Gasteiger partial charge in [0.05, 0.1) is 0 Å². The molecule has 1 aromatic rings. The van der Waals surface area contributed by atoms with Gasteiger partial charge >= 0.3 is 0 Å². The maximum absolute atomic E-state index is 12.5. The Balaban J connectivity index is 2.38. The van der Waals surface area contributed by atoms with Crippen LogP contribution in [-0.2, 0) is 11.3 Å². The summed E-state index contributed by atoms with van der Waals surface area (Å²) < 4.78 is 12.5. The maximum Gasteiger partial charge on any atom is 0.221 e. The molecule has 4 heteroatoms. The van der Waals surface area contributed by atoms with Gasteiger partial charge in [-0.2, -0.15) is 12.6 Å². The molecule has 0 unspecified atom stereocenters. The highest BCUT2D eigenvalue weighted by Crippen LogP contribution is 2.02. The molecule has 1 aromatic carbocycles. The number of hydrogen-bond donors (Lipinski definition) is 2. The van der Waals surface area contributed by atoms with E-state index < -0.39 is 0 Å². The number of hydrogen-bond acceptors (Lipinski definition) is 2. The van der Waals surface area contributed by atoms with Gasteiger partial charge < -0.3 is 5.32 Å². The topological polar surface area (TPSA) is 29.1 Å². The van der Waals surface area contributed by atoms with Crippen LogP contribution >= 0.6 is 12.6 Å². The van der Waals surface area contributed by atoms with Gasteiger partial charge in [-0.15, -0.1) is 0 Å². The predicted octanol–water partition coefficient (Wildman–Crippen LogP) is 1.76. The minimum atomic E-state index is -0.268. The highest BCUT2D eigenvalue weighted by Gasteiger charge is 1.99. The molecule has 1 amide bonds. The van der Waals surface area contributed by atoms with E-state index in [0.29, 0.717) is 18.7 Å². The van der Waals surface area contributed by atoms with Crippen molar-refractivity contribution in [2.45, 2.75) is 13.0 Å². The zero-order valence-electron chi connectivity index (χ0n) is 7.66. The summed E-state index contributed by atoms with van der Waals surface area (Å²) in [7, 11) is 0. The molecule has 1 rings (SSSR count). The first-order chi connectivity index (χ1) is 6.72. The van der Waals surface area contributed by atoms with Gasteiger partial charge in [0.1, 0.15) is 5.82 Å². The van der Waals surface area contributed by atoms with Gasteiger partial charge in [-0.1, -0.05) is 12.1 Å². The number of thiol groups is 1. The van der Waals surface area contributed by atoms with E-state index >= 15 is 0 Å². The van der Waals surface area contributed by atoms with Crippen molar-refractivity contribution in [3.05, 3.63) is 35.6 Å². The van der Waals surface area contributed by atoms with Crippen molar-refractivity contribution in [1.29, 1.82) is 0 Å². The van der Waals surface area contributed by atoms with Crippen molar-refractivity contribution >= 4 is 18.5 Å². The molecule has 0 bridgehead atoms. The van der Waals surface area contributed by atoms with Crippen LogP contribution in [0, 0.1) is 5.82 Å². The normalized spacial score (nSPS) is 9.86. The first kappa shape index (κ1) is 11.0.